The zero-order valence-electron chi connectivity index (χ0n) is 87.4. The molecule has 2 aromatic heterocycles. The largest absolute Gasteiger partial charge is 0.416 e. The summed E-state index contributed by atoms with van der Waals surface area (Å²) in [6.45, 7) is -29.3. The zero-order valence-corrected chi connectivity index (χ0v) is 52.1. The maximum atomic E-state index is 15.1. The number of carbonyl (C=O) groups is 2. The number of hydrogen-bond donors (Lipinski definition) is 0. The van der Waals surface area contributed by atoms with E-state index in [0.29, 0.717) is 40.9 Å². The minimum absolute atomic E-state index is 0.0177. The second kappa shape index (κ2) is 32.7. The fourth-order valence-corrected chi connectivity index (χ4v) is 10.3. The highest BCUT2D eigenvalue weighted by Gasteiger charge is 2.33. The molecular weight excluding hydrogens is 1270 g/mol. The van der Waals surface area contributed by atoms with Crippen molar-refractivity contribution in [1.82, 2.24) is 38.7 Å². The van der Waals surface area contributed by atoms with Crippen LogP contribution in [0.25, 0.3) is 22.3 Å². The van der Waals surface area contributed by atoms with Crippen LogP contribution in [0.15, 0.2) is 165 Å². The Labute approximate surface area is 609 Å². The fraction of sp³-hybridized carbons (Fsp3) is 0.370. The van der Waals surface area contributed by atoms with Crippen LogP contribution in [-0.4, -0.2) is 102 Å². The van der Waals surface area contributed by atoms with E-state index in [4.69, 9.17) is 48.0 Å². The summed E-state index contributed by atoms with van der Waals surface area (Å²) in [5.74, 6) is -8.47. The summed E-state index contributed by atoms with van der Waals surface area (Å²) in [6, 6.07) is -2.65. The Morgan fingerprint density at radius 2 is 0.989 bits per heavy atom. The van der Waals surface area contributed by atoms with Gasteiger partial charge in [0.2, 0.25) is 11.8 Å². The first-order valence-corrected chi connectivity index (χ1v) is 29.7. The molecule has 0 radical (unpaired) electrons. The summed E-state index contributed by atoms with van der Waals surface area (Å²) in [4.78, 5) is 64.2. The molecule has 1 unspecified atom stereocenters. The van der Waals surface area contributed by atoms with Gasteiger partial charge in [-0.1, -0.05) is 155 Å². The summed E-state index contributed by atoms with van der Waals surface area (Å²) in [7, 11) is 0. The van der Waals surface area contributed by atoms with E-state index in [-0.39, 0.29) is 73.4 Å². The minimum Gasteiger partial charge on any atom is -0.336 e. The molecule has 10 rings (SSSR count). The van der Waals surface area contributed by atoms with Gasteiger partial charge in [0.25, 0.3) is 11.1 Å². The molecule has 8 aromatic rings. The van der Waals surface area contributed by atoms with Crippen molar-refractivity contribution in [2.75, 3.05) is 52.0 Å². The van der Waals surface area contributed by atoms with Gasteiger partial charge in [0.05, 0.1) is 33.1 Å². The monoisotopic (exact) mass is 1380 g/mol. The smallest absolute Gasteiger partial charge is 0.336 e. The average molecular weight is 1380 g/mol. The summed E-state index contributed by atoms with van der Waals surface area (Å²) in [6.07, 6.45) is -16.0. The Morgan fingerprint density at radius 3 is 1.51 bits per heavy atom. The molecule has 22 heteroatoms. The number of carbonyl (C=O) groups excluding carboxylic acids is 2. The molecule has 2 heterocycles. The summed E-state index contributed by atoms with van der Waals surface area (Å²) >= 11 is 0.0359. The lowest BCUT2D eigenvalue weighted by Gasteiger charge is -2.28. The van der Waals surface area contributed by atoms with E-state index in [1.165, 1.54) is 36.4 Å². The van der Waals surface area contributed by atoms with Crippen LogP contribution in [0.2, 0.25) is 0 Å². The molecule has 0 aliphatic heterocycles. The van der Waals surface area contributed by atoms with Crippen molar-refractivity contribution in [3.63, 3.8) is 0 Å². The maximum Gasteiger partial charge on any atom is 0.416 e. The number of likely N-dealkylation sites (N-methyl/N-ethyl adjacent to an activating group) is 2. The third kappa shape index (κ3) is 19.2. The number of hydrogen-bond acceptors (Lipinski definition) is 10. The van der Waals surface area contributed by atoms with E-state index in [2.05, 4.69) is 9.97 Å². The van der Waals surface area contributed by atoms with E-state index in [0.717, 1.165) is 61.7 Å². The molecule has 95 heavy (non-hydrogen) atoms. The predicted molar refractivity (Wildman–Crippen MR) is 358 cm³/mol. The van der Waals surface area contributed by atoms with E-state index in [9.17, 15) is 52.2 Å². The Kier molecular flexibility index (Phi) is 12.7. The van der Waals surface area contributed by atoms with Crippen molar-refractivity contribution in [3.05, 3.63) is 234 Å². The lowest BCUT2D eigenvalue weighted by atomic mass is 10.0. The van der Waals surface area contributed by atoms with Gasteiger partial charge in [-0.15, -0.1) is 0 Å². The molecule has 502 valence electrons. The van der Waals surface area contributed by atoms with Crippen LogP contribution in [0.3, 0.4) is 0 Å². The highest BCUT2D eigenvalue weighted by atomic mass is 32.2. The Hall–Kier alpha value is -7.92. The molecule has 0 fully saturated rings. The van der Waals surface area contributed by atoms with Gasteiger partial charge in [0.15, 0.2) is 10.3 Å². The number of aromatic nitrogens is 4. The molecule has 0 saturated carbocycles. The van der Waals surface area contributed by atoms with Crippen molar-refractivity contribution in [2.45, 2.75) is 127 Å². The first kappa shape index (κ1) is 37.0. The van der Waals surface area contributed by atoms with Crippen LogP contribution < -0.4 is 11.1 Å². The molecular formula is C73H78F8N8O4S2. The van der Waals surface area contributed by atoms with Gasteiger partial charge in [-0.3, -0.25) is 19.2 Å². The van der Waals surface area contributed by atoms with Crippen LogP contribution in [0.5, 0.6) is 0 Å². The van der Waals surface area contributed by atoms with Gasteiger partial charge in [-0.05, 0) is 157 Å². The van der Waals surface area contributed by atoms with Crippen molar-refractivity contribution >= 4 is 35.3 Å². The summed E-state index contributed by atoms with van der Waals surface area (Å²) < 4.78 is 429. The minimum atomic E-state index is -5.45. The van der Waals surface area contributed by atoms with Crippen molar-refractivity contribution in [1.29, 1.82) is 0 Å². The van der Waals surface area contributed by atoms with Crippen molar-refractivity contribution in [3.8, 4) is 22.3 Å². The molecule has 2 aliphatic rings. The lowest BCUT2D eigenvalue weighted by Crippen LogP contribution is -2.40. The molecule has 12 nitrogen and oxygen atoms in total. The topological polar surface area (TPSA) is 117 Å². The van der Waals surface area contributed by atoms with Crippen LogP contribution in [0, 0.1) is 17.5 Å². The number of halogens is 8. The van der Waals surface area contributed by atoms with E-state index >= 15 is 4.79 Å². The normalized spacial score (nSPS) is 22.6. The number of amides is 2. The molecule has 1 atom stereocenters. The van der Waals surface area contributed by atoms with E-state index < -0.39 is 283 Å². The molecule has 6 aromatic carbocycles. The first-order valence-electron chi connectivity index (χ1n) is 46.5. The molecule has 0 spiro atoms. The van der Waals surface area contributed by atoms with Gasteiger partial charge in [-0.2, -0.15) is 36.3 Å². The maximum absolute atomic E-state index is 15.1. The molecule has 2 amide bonds. The van der Waals surface area contributed by atoms with Gasteiger partial charge in [-0.25, -0.2) is 8.78 Å². The zero-order chi connectivity index (χ0) is 101. The predicted octanol–water partition coefficient (Wildman–Crippen LogP) is 14.7. The number of thioether (sulfide) groups is 2. The molecule has 0 bridgehead atoms. The highest BCUT2D eigenvalue weighted by Crippen LogP contribution is 2.35. The second-order valence-electron chi connectivity index (χ2n) is 19.9. The van der Waals surface area contributed by atoms with Crippen LogP contribution in [0.1, 0.15) is 148 Å². The molecule has 0 saturated heterocycles. The third-order valence-corrected chi connectivity index (χ3v) is 15.2. The van der Waals surface area contributed by atoms with E-state index in [1.807, 2.05) is 0 Å². The standard InChI is InChI=1S/C37H40F4N4O2S.C36H38F4N4O2S/c1-4-43(5-2)18-19-44(22-26-6-10-28(11-7-26)29-12-14-30(15-13-29)37(39,40)41)34(46)23-45-33-21-25(3)20-32(33)35(47)42-36(45)48-24-27-8-16-31(38)17-9-27;1-3-42(4-2)20-21-43(22-25-8-12-27(13-9-25)28-14-16-29(17-15-28)36(38,39)40)33(45)23-44-32-7-5-6-31(32)34(46)41-35(44)47-24-26-10-18-30(37)19-11-26/h6-17,25H,4-5,18-24H2,1-3H3;8-19H,3-7,20-24H2,1-2H3/i4D2,5D2,6D,7D,10D,11D,12D,13D,14D,15D,18D2,19D2,20D2,21D2,24D2,25D;3D2,4D2,10D,11D,18D,19D,20D2,21D2,24D2. The third-order valence-electron chi connectivity index (χ3n) is 13.6. The number of nitrogens with zero attached hydrogens (tertiary/aromatic N) is 8. The molecule has 2 aliphatic carbocycles. The quantitative estimate of drug-likeness (QED) is 0.0295. The number of alkyl halides is 6. The second-order valence-corrected chi connectivity index (χ2v) is 21.4. The average Bonchev–Trinajstić information content (AvgIpc) is 1.52. The SMILES string of the molecule is [2H]c1c([2H])c(-c2c([2H])c([2H])c(C(F)(F)F)c([2H])c2[2H])c([2H])c([2H])c1CN(C(=O)Cn1c(SC([2H])([2H])c2ccc(F)cc2)nc(=O)c2c1C([2H])([2H])C([2H])(C)C2([2H])[2H])C([2H])([2H])C([2H])([2H])N(C([2H])([2H])C)C([2H])([2H])C.[2H]c1c([2H])c(C([2H])([2H])Sc2nc(=O)c3c(n2CC(=O)N(Cc2ccc(-c4ccc(C(F)(F)F)cc4)cc2)C([2H])([2H])C([2H])([2H])N(C([2H])([2H])C)C([2H])([2H])C)CCC3)c([2H])c([2H])c1F. The van der Waals surface area contributed by atoms with Gasteiger partial charge < -0.3 is 28.7 Å². The van der Waals surface area contributed by atoms with Crippen molar-refractivity contribution in [2.24, 2.45) is 5.89 Å². The summed E-state index contributed by atoms with van der Waals surface area (Å²) in [5, 5.41) is -1.54. The first-order chi connectivity index (χ1) is 59.6. The Bertz CT molecular complexity index is 5880. The lowest BCUT2D eigenvalue weighted by molar-refractivity contribution is -0.138. The van der Waals surface area contributed by atoms with Crippen LogP contribution in [0.4, 0.5) is 35.1 Å². The molecule has 0 N–H and O–H groups in total. The van der Waals surface area contributed by atoms with Crippen LogP contribution >= 0.6 is 23.5 Å². The van der Waals surface area contributed by atoms with Crippen LogP contribution in [-0.2, 0) is 85.1 Å². The van der Waals surface area contributed by atoms with Crippen molar-refractivity contribution < 1.29 is 95.4 Å². The highest BCUT2D eigenvalue weighted by molar-refractivity contribution is 7.98. The summed E-state index contributed by atoms with van der Waals surface area (Å²) in [5.41, 5.74) is -16.9. The Balaban J connectivity index is 0.000000300. The Morgan fingerprint density at radius 1 is 0.537 bits per heavy atom. The number of rotatable bonds is 26. The van der Waals surface area contributed by atoms with E-state index in [1.54, 1.807) is 0 Å². The number of benzene rings is 6. The fourth-order valence-electron chi connectivity index (χ4n) is 8.90. The number of fused-ring (bicyclic) bond motifs is 2. The van der Waals surface area contributed by atoms with Gasteiger partial charge in [0, 0.05) is 102 Å². The van der Waals surface area contributed by atoms with Gasteiger partial charge in [0.1, 0.15) is 24.7 Å². The van der Waals surface area contributed by atoms with Gasteiger partial charge >= 0.3 is 12.4 Å².